The maximum atomic E-state index is 12.7. The highest BCUT2D eigenvalue weighted by Crippen LogP contribution is 2.24. The maximum Gasteiger partial charge on any atom is 0.322 e. The smallest absolute Gasteiger partial charge is 0.311 e. The van der Waals surface area contributed by atoms with Gasteiger partial charge >= 0.3 is 6.03 Å². The first-order chi connectivity index (χ1) is 12.0. The van der Waals surface area contributed by atoms with Gasteiger partial charge in [-0.25, -0.2) is 4.79 Å². The molecule has 1 saturated heterocycles. The van der Waals surface area contributed by atoms with E-state index >= 15 is 0 Å². The zero-order valence-electron chi connectivity index (χ0n) is 13.6. The molecule has 1 atom stereocenters. The minimum Gasteiger partial charge on any atom is -0.311 e. The van der Waals surface area contributed by atoms with E-state index in [0.717, 1.165) is 10.2 Å². The molecule has 1 unspecified atom stereocenters. The summed E-state index contributed by atoms with van der Waals surface area (Å²) in [5, 5.41) is 3.33. The Hall–Kier alpha value is -2.05. The Labute approximate surface area is 159 Å². The van der Waals surface area contributed by atoms with Gasteiger partial charge in [-0.1, -0.05) is 39.7 Å². The highest BCUT2D eigenvalue weighted by atomic mass is 79.9. The molecule has 1 aliphatic rings. The van der Waals surface area contributed by atoms with E-state index in [1.807, 2.05) is 24.3 Å². The molecule has 130 valence electrons. The lowest BCUT2D eigenvalue weighted by Crippen LogP contribution is -2.58. The molecular formula is C18H17BrClN3O2. The lowest BCUT2D eigenvalue weighted by molar-refractivity contribution is -0.123. The lowest BCUT2D eigenvalue weighted by Gasteiger charge is -2.39. The van der Waals surface area contributed by atoms with Gasteiger partial charge in [0.25, 0.3) is 0 Å². The topological polar surface area (TPSA) is 52.7 Å². The van der Waals surface area contributed by atoms with Crippen LogP contribution in [0.15, 0.2) is 53.0 Å². The van der Waals surface area contributed by atoms with Crippen LogP contribution in [0.3, 0.4) is 0 Å². The monoisotopic (exact) mass is 421 g/mol. The summed E-state index contributed by atoms with van der Waals surface area (Å²) in [6, 6.07) is 13.6. The number of piperazine rings is 1. The van der Waals surface area contributed by atoms with Gasteiger partial charge in [-0.05, 0) is 43.3 Å². The van der Waals surface area contributed by atoms with Crippen molar-refractivity contribution in [1.82, 2.24) is 4.90 Å². The molecule has 5 nitrogen and oxygen atoms in total. The molecule has 1 aliphatic heterocycles. The molecule has 1 heterocycles. The Morgan fingerprint density at radius 3 is 2.68 bits per heavy atom. The van der Waals surface area contributed by atoms with Crippen LogP contribution in [-0.4, -0.2) is 36.0 Å². The van der Waals surface area contributed by atoms with E-state index in [-0.39, 0.29) is 11.9 Å². The van der Waals surface area contributed by atoms with Gasteiger partial charge in [0.15, 0.2) is 0 Å². The van der Waals surface area contributed by atoms with Crippen LogP contribution in [0.25, 0.3) is 0 Å². The molecule has 0 saturated carbocycles. The van der Waals surface area contributed by atoms with Crippen LogP contribution < -0.4 is 10.2 Å². The molecule has 0 bridgehead atoms. The number of rotatable bonds is 2. The quantitative estimate of drug-likeness (QED) is 0.781. The summed E-state index contributed by atoms with van der Waals surface area (Å²) in [6.45, 7) is 2.64. The number of carbonyl (C=O) groups is 2. The number of nitrogens with one attached hydrogen (secondary N) is 1. The fourth-order valence-corrected chi connectivity index (χ4v) is 3.39. The van der Waals surface area contributed by atoms with E-state index < -0.39 is 6.04 Å². The van der Waals surface area contributed by atoms with Crippen LogP contribution in [-0.2, 0) is 4.79 Å². The number of amides is 3. The Morgan fingerprint density at radius 1 is 1.20 bits per heavy atom. The van der Waals surface area contributed by atoms with Crippen molar-refractivity contribution in [2.75, 3.05) is 23.3 Å². The van der Waals surface area contributed by atoms with Crippen molar-refractivity contribution >= 4 is 50.8 Å². The third-order valence-electron chi connectivity index (χ3n) is 4.11. The molecule has 3 amide bonds. The molecule has 7 heteroatoms. The predicted molar refractivity (Wildman–Crippen MR) is 103 cm³/mol. The zero-order chi connectivity index (χ0) is 18.0. The summed E-state index contributed by atoms with van der Waals surface area (Å²) < 4.78 is 0.909. The second-order valence-electron chi connectivity index (χ2n) is 5.78. The molecule has 2 aromatic carbocycles. The second-order valence-corrected chi connectivity index (χ2v) is 7.13. The number of urea groups is 1. The van der Waals surface area contributed by atoms with E-state index in [0.29, 0.717) is 23.8 Å². The van der Waals surface area contributed by atoms with E-state index in [1.165, 1.54) is 4.90 Å². The van der Waals surface area contributed by atoms with E-state index in [4.69, 9.17) is 11.6 Å². The fraction of sp³-hybridized carbons (Fsp3) is 0.222. The van der Waals surface area contributed by atoms with Gasteiger partial charge in [0, 0.05) is 34.0 Å². The summed E-state index contributed by atoms with van der Waals surface area (Å²) >= 11 is 9.35. The van der Waals surface area contributed by atoms with Crippen LogP contribution in [0.1, 0.15) is 6.92 Å². The summed E-state index contributed by atoms with van der Waals surface area (Å²) in [6.07, 6.45) is 0. The van der Waals surface area contributed by atoms with Crippen LogP contribution in [0, 0.1) is 0 Å². The number of nitrogens with zero attached hydrogens (tertiary/aromatic N) is 2. The summed E-state index contributed by atoms with van der Waals surface area (Å²) in [5.41, 5.74) is 1.42. The number of carbonyl (C=O) groups excluding carboxylic acids is 2. The predicted octanol–water partition coefficient (Wildman–Crippen LogP) is 4.37. The van der Waals surface area contributed by atoms with Gasteiger partial charge in [-0.3, -0.25) is 4.79 Å². The largest absolute Gasteiger partial charge is 0.322 e. The summed E-state index contributed by atoms with van der Waals surface area (Å²) in [7, 11) is 0. The summed E-state index contributed by atoms with van der Waals surface area (Å²) in [5.74, 6) is -0.106. The minimum atomic E-state index is -0.549. The number of halogens is 2. The third-order valence-corrected chi connectivity index (χ3v) is 4.84. The van der Waals surface area contributed by atoms with Crippen LogP contribution in [0.2, 0.25) is 5.02 Å². The number of anilines is 2. The third kappa shape index (κ3) is 3.96. The average molecular weight is 423 g/mol. The Bertz CT molecular complexity index is 814. The number of hydrogen-bond donors (Lipinski definition) is 1. The summed E-state index contributed by atoms with van der Waals surface area (Å²) in [4.78, 5) is 28.5. The maximum absolute atomic E-state index is 12.7. The average Bonchev–Trinajstić information content (AvgIpc) is 2.57. The highest BCUT2D eigenvalue weighted by molar-refractivity contribution is 9.10. The van der Waals surface area contributed by atoms with E-state index in [9.17, 15) is 9.59 Å². The highest BCUT2D eigenvalue weighted by Gasteiger charge is 2.35. The van der Waals surface area contributed by atoms with Crippen molar-refractivity contribution in [2.24, 2.45) is 0 Å². The molecular weight excluding hydrogens is 406 g/mol. The van der Waals surface area contributed by atoms with E-state index in [2.05, 4.69) is 21.2 Å². The van der Waals surface area contributed by atoms with Gasteiger partial charge in [0.1, 0.15) is 6.04 Å². The second kappa shape index (κ2) is 7.45. The Balaban J connectivity index is 1.72. The van der Waals surface area contributed by atoms with Gasteiger partial charge < -0.3 is 15.1 Å². The molecule has 2 aromatic rings. The van der Waals surface area contributed by atoms with Crippen molar-refractivity contribution < 1.29 is 9.59 Å². The van der Waals surface area contributed by atoms with Crippen molar-refractivity contribution in [3.63, 3.8) is 0 Å². The zero-order valence-corrected chi connectivity index (χ0v) is 15.9. The van der Waals surface area contributed by atoms with Crippen LogP contribution in [0.5, 0.6) is 0 Å². The molecule has 1 N–H and O–H groups in total. The first-order valence-electron chi connectivity index (χ1n) is 7.86. The van der Waals surface area contributed by atoms with Crippen LogP contribution >= 0.6 is 27.5 Å². The van der Waals surface area contributed by atoms with Gasteiger partial charge in [-0.15, -0.1) is 0 Å². The Morgan fingerprint density at radius 2 is 1.96 bits per heavy atom. The number of benzene rings is 2. The van der Waals surface area contributed by atoms with E-state index in [1.54, 1.807) is 36.1 Å². The SMILES string of the molecule is CC1C(=O)N(c2cccc(Br)c2)CCN1C(=O)Nc1cccc(Cl)c1. The van der Waals surface area contributed by atoms with Gasteiger partial charge in [-0.2, -0.15) is 0 Å². The normalized spacial score (nSPS) is 17.6. The standard InChI is InChI=1S/C18H17BrClN3O2/c1-12-17(24)23(16-7-2-4-13(19)10-16)9-8-22(12)18(25)21-15-6-3-5-14(20)11-15/h2-7,10-12H,8-9H2,1H3,(H,21,25). The molecule has 25 heavy (non-hydrogen) atoms. The minimum absolute atomic E-state index is 0.106. The fourth-order valence-electron chi connectivity index (χ4n) is 2.81. The molecule has 0 radical (unpaired) electrons. The molecule has 1 fully saturated rings. The first kappa shape index (κ1) is 17.8. The molecule has 3 rings (SSSR count). The van der Waals surface area contributed by atoms with Crippen molar-refractivity contribution in [3.05, 3.63) is 58.0 Å². The molecule has 0 aliphatic carbocycles. The lowest BCUT2D eigenvalue weighted by atomic mass is 10.1. The molecule has 0 aromatic heterocycles. The van der Waals surface area contributed by atoms with Gasteiger partial charge in [0.2, 0.25) is 5.91 Å². The van der Waals surface area contributed by atoms with Crippen LogP contribution in [0.4, 0.5) is 16.2 Å². The Kier molecular flexibility index (Phi) is 5.30. The van der Waals surface area contributed by atoms with Crippen molar-refractivity contribution in [2.45, 2.75) is 13.0 Å². The van der Waals surface area contributed by atoms with Crippen molar-refractivity contribution in [1.29, 1.82) is 0 Å². The van der Waals surface area contributed by atoms with Crippen molar-refractivity contribution in [3.8, 4) is 0 Å². The first-order valence-corrected chi connectivity index (χ1v) is 9.03. The number of hydrogen-bond acceptors (Lipinski definition) is 2. The molecule has 0 spiro atoms. The van der Waals surface area contributed by atoms with Gasteiger partial charge in [0.05, 0.1) is 0 Å².